The van der Waals surface area contributed by atoms with Crippen molar-refractivity contribution in [1.82, 2.24) is 9.36 Å². The van der Waals surface area contributed by atoms with Gasteiger partial charge < -0.3 is 5.11 Å². The molecule has 0 saturated carbocycles. The maximum absolute atomic E-state index is 12.3. The number of alkyl halides is 3. The molecule has 0 aliphatic heterocycles. The molecule has 0 spiro atoms. The van der Waals surface area contributed by atoms with Gasteiger partial charge in [0.1, 0.15) is 5.69 Å². The summed E-state index contributed by atoms with van der Waals surface area (Å²) >= 11 is 0.892. The Bertz CT molecular complexity index is 578. The van der Waals surface area contributed by atoms with Crippen LogP contribution in [0.4, 0.5) is 13.2 Å². The molecule has 4 nitrogen and oxygen atoms in total. The molecule has 0 amide bonds. The molecule has 0 unspecified atom stereocenters. The van der Waals surface area contributed by atoms with Crippen molar-refractivity contribution >= 4 is 17.5 Å². The van der Waals surface area contributed by atoms with Gasteiger partial charge in [-0.15, -0.1) is 0 Å². The lowest BCUT2D eigenvalue weighted by atomic mass is 10.2. The van der Waals surface area contributed by atoms with Gasteiger partial charge in [-0.05, 0) is 29.7 Å². The Morgan fingerprint density at radius 1 is 1.33 bits per heavy atom. The molecule has 0 fully saturated rings. The Morgan fingerprint density at radius 3 is 2.50 bits per heavy atom. The zero-order valence-corrected chi connectivity index (χ0v) is 9.42. The molecule has 0 aliphatic rings. The molecule has 0 aromatic carbocycles. The lowest BCUT2D eigenvalue weighted by Crippen LogP contribution is -2.07. The fourth-order valence-electron chi connectivity index (χ4n) is 1.22. The van der Waals surface area contributed by atoms with Crippen molar-refractivity contribution in [2.45, 2.75) is 6.18 Å². The lowest BCUT2D eigenvalue weighted by Gasteiger charge is -2.05. The summed E-state index contributed by atoms with van der Waals surface area (Å²) in [7, 11) is 0. The molecule has 0 bridgehead atoms. The molecular weight excluding hydrogens is 269 g/mol. The number of pyridine rings is 1. The third-order valence-corrected chi connectivity index (χ3v) is 2.91. The Labute approximate surface area is 103 Å². The SMILES string of the molecule is O=C(O)c1cc(-c2ccc(C(F)(F)F)nc2)sn1. The van der Waals surface area contributed by atoms with Crippen LogP contribution in [0.5, 0.6) is 0 Å². The van der Waals surface area contributed by atoms with Gasteiger partial charge >= 0.3 is 12.1 Å². The summed E-state index contributed by atoms with van der Waals surface area (Å²) in [4.78, 5) is 14.4. The smallest absolute Gasteiger partial charge is 0.433 e. The minimum absolute atomic E-state index is 0.144. The fraction of sp³-hybridized carbons (Fsp3) is 0.100. The minimum atomic E-state index is -4.49. The van der Waals surface area contributed by atoms with Gasteiger partial charge in [0.05, 0.1) is 4.88 Å². The second kappa shape index (κ2) is 4.37. The van der Waals surface area contributed by atoms with Gasteiger partial charge in [-0.3, -0.25) is 4.98 Å². The maximum Gasteiger partial charge on any atom is 0.433 e. The van der Waals surface area contributed by atoms with Gasteiger partial charge in [-0.1, -0.05) is 0 Å². The molecule has 2 rings (SSSR count). The number of aromatic nitrogens is 2. The van der Waals surface area contributed by atoms with Crippen molar-refractivity contribution in [2.75, 3.05) is 0 Å². The Morgan fingerprint density at radius 2 is 2.06 bits per heavy atom. The van der Waals surface area contributed by atoms with E-state index in [0.717, 1.165) is 23.8 Å². The lowest BCUT2D eigenvalue weighted by molar-refractivity contribution is -0.141. The Hall–Kier alpha value is -1.96. The van der Waals surface area contributed by atoms with Crippen molar-refractivity contribution < 1.29 is 23.1 Å². The normalized spacial score (nSPS) is 11.5. The number of carboxylic acid groups (broad SMARTS) is 1. The fourth-order valence-corrected chi connectivity index (χ4v) is 1.94. The van der Waals surface area contributed by atoms with Crippen LogP contribution in [0.1, 0.15) is 16.2 Å². The number of hydrogen-bond donors (Lipinski definition) is 1. The highest BCUT2D eigenvalue weighted by molar-refractivity contribution is 7.09. The highest BCUT2D eigenvalue weighted by Gasteiger charge is 2.32. The molecule has 2 aromatic heterocycles. The minimum Gasteiger partial charge on any atom is -0.476 e. The number of nitrogens with zero attached hydrogens (tertiary/aromatic N) is 2. The Kier molecular flexibility index (Phi) is 3.04. The standard InChI is InChI=1S/C10H5F3N2O2S/c11-10(12,13)8-2-1-5(4-14-8)7-3-6(9(16)17)15-18-7/h1-4H,(H,16,17). The summed E-state index contributed by atoms with van der Waals surface area (Å²) in [5.74, 6) is -1.18. The molecule has 8 heteroatoms. The molecule has 1 N–H and O–H groups in total. The van der Waals surface area contributed by atoms with Crippen molar-refractivity contribution in [1.29, 1.82) is 0 Å². The largest absolute Gasteiger partial charge is 0.476 e. The quantitative estimate of drug-likeness (QED) is 0.914. The van der Waals surface area contributed by atoms with Crippen molar-refractivity contribution in [3.05, 3.63) is 35.8 Å². The molecule has 2 heterocycles. The summed E-state index contributed by atoms with van der Waals surface area (Å²) < 4.78 is 40.5. The van der Waals surface area contributed by atoms with Crippen LogP contribution in [-0.2, 0) is 6.18 Å². The average Bonchev–Trinajstić information content (AvgIpc) is 2.77. The third-order valence-electron chi connectivity index (χ3n) is 2.07. The number of carbonyl (C=O) groups is 1. The predicted octanol–water partition coefficient (Wildman–Crippen LogP) is 2.92. The highest BCUT2D eigenvalue weighted by Crippen LogP contribution is 2.30. The van der Waals surface area contributed by atoms with E-state index in [1.165, 1.54) is 12.1 Å². The van der Waals surface area contributed by atoms with E-state index in [4.69, 9.17) is 5.11 Å². The summed E-state index contributed by atoms with van der Waals surface area (Å²) in [6, 6.07) is 3.36. The summed E-state index contributed by atoms with van der Waals surface area (Å²) in [5.41, 5.74) is -0.739. The first kappa shape index (κ1) is 12.5. The second-order valence-electron chi connectivity index (χ2n) is 3.31. The van der Waals surface area contributed by atoms with Crippen LogP contribution in [0.25, 0.3) is 10.4 Å². The predicted molar refractivity (Wildman–Crippen MR) is 57.3 cm³/mol. The van der Waals surface area contributed by atoms with Gasteiger partial charge in [0.2, 0.25) is 0 Å². The molecule has 0 aliphatic carbocycles. The molecule has 94 valence electrons. The number of hydrogen-bond acceptors (Lipinski definition) is 4. The number of rotatable bonds is 2. The first-order valence-electron chi connectivity index (χ1n) is 4.61. The van der Waals surface area contributed by atoms with Gasteiger partial charge in [-0.2, -0.15) is 17.5 Å². The third kappa shape index (κ3) is 2.48. The van der Waals surface area contributed by atoms with E-state index in [1.807, 2.05) is 0 Å². The molecular formula is C10H5F3N2O2S. The van der Waals surface area contributed by atoms with E-state index >= 15 is 0 Å². The second-order valence-corrected chi connectivity index (χ2v) is 4.12. The van der Waals surface area contributed by atoms with E-state index in [0.29, 0.717) is 10.4 Å². The summed E-state index contributed by atoms with van der Waals surface area (Å²) in [6.45, 7) is 0. The van der Waals surface area contributed by atoms with Gasteiger partial charge in [-0.25, -0.2) is 4.79 Å². The van der Waals surface area contributed by atoms with Crippen LogP contribution in [0.3, 0.4) is 0 Å². The number of carboxylic acids is 1. The molecule has 0 saturated heterocycles. The van der Waals surface area contributed by atoms with E-state index in [9.17, 15) is 18.0 Å². The van der Waals surface area contributed by atoms with E-state index in [1.54, 1.807) is 0 Å². The van der Waals surface area contributed by atoms with Crippen LogP contribution in [0.15, 0.2) is 24.4 Å². The van der Waals surface area contributed by atoms with E-state index in [-0.39, 0.29) is 5.69 Å². The first-order chi connectivity index (χ1) is 8.38. The van der Waals surface area contributed by atoms with Crippen LogP contribution >= 0.6 is 11.5 Å². The number of halogens is 3. The number of aromatic carboxylic acids is 1. The van der Waals surface area contributed by atoms with Crippen molar-refractivity contribution in [2.24, 2.45) is 0 Å². The molecule has 2 aromatic rings. The van der Waals surface area contributed by atoms with Crippen LogP contribution in [0.2, 0.25) is 0 Å². The zero-order valence-electron chi connectivity index (χ0n) is 8.60. The average molecular weight is 274 g/mol. The molecule has 0 atom stereocenters. The van der Waals surface area contributed by atoms with Crippen LogP contribution in [-0.4, -0.2) is 20.4 Å². The monoisotopic (exact) mass is 274 g/mol. The van der Waals surface area contributed by atoms with E-state index < -0.39 is 17.8 Å². The van der Waals surface area contributed by atoms with Crippen LogP contribution in [0, 0.1) is 0 Å². The maximum atomic E-state index is 12.3. The Balaban J connectivity index is 2.31. The van der Waals surface area contributed by atoms with Gasteiger partial charge in [0.15, 0.2) is 5.69 Å². The topological polar surface area (TPSA) is 63.1 Å². The van der Waals surface area contributed by atoms with Crippen molar-refractivity contribution in [3.8, 4) is 10.4 Å². The van der Waals surface area contributed by atoms with E-state index in [2.05, 4.69) is 9.36 Å². The van der Waals surface area contributed by atoms with Gasteiger partial charge in [0.25, 0.3) is 0 Å². The molecule has 18 heavy (non-hydrogen) atoms. The molecule has 0 radical (unpaired) electrons. The van der Waals surface area contributed by atoms with Gasteiger partial charge in [0, 0.05) is 11.8 Å². The van der Waals surface area contributed by atoms with Crippen LogP contribution < -0.4 is 0 Å². The summed E-state index contributed by atoms with van der Waals surface area (Å²) in [6.07, 6.45) is -3.44. The first-order valence-corrected chi connectivity index (χ1v) is 5.39. The zero-order chi connectivity index (χ0) is 13.3. The van der Waals surface area contributed by atoms with Crippen molar-refractivity contribution in [3.63, 3.8) is 0 Å². The summed E-state index contributed by atoms with van der Waals surface area (Å²) in [5, 5.41) is 8.68. The highest BCUT2D eigenvalue weighted by atomic mass is 32.1.